The minimum atomic E-state index is 0.0687. The number of carbonyl (C=O) groups excluding carboxylic acids is 1. The molecule has 0 aliphatic carbocycles. The first kappa shape index (κ1) is 17.0. The third-order valence-corrected chi connectivity index (χ3v) is 4.61. The van der Waals surface area contributed by atoms with Gasteiger partial charge < -0.3 is 11.1 Å². The summed E-state index contributed by atoms with van der Waals surface area (Å²) in [7, 11) is 0. The van der Waals surface area contributed by atoms with Gasteiger partial charge in [-0.2, -0.15) is 0 Å². The molecular formula is C18H29N3O. The Bertz CT molecular complexity index is 501. The van der Waals surface area contributed by atoms with E-state index in [4.69, 9.17) is 5.73 Å². The summed E-state index contributed by atoms with van der Waals surface area (Å²) >= 11 is 0. The number of piperidine rings is 1. The second kappa shape index (κ2) is 8.30. The fourth-order valence-corrected chi connectivity index (χ4v) is 3.09. The molecule has 1 unspecified atom stereocenters. The van der Waals surface area contributed by atoms with Crippen molar-refractivity contribution in [2.45, 2.75) is 52.1 Å². The second-order valence-corrected chi connectivity index (χ2v) is 6.38. The molecule has 3 N–H and O–H groups in total. The van der Waals surface area contributed by atoms with Gasteiger partial charge in [-0.3, -0.25) is 9.69 Å². The molecule has 2 rings (SSSR count). The van der Waals surface area contributed by atoms with Gasteiger partial charge in [0.15, 0.2) is 0 Å². The SMILES string of the molecule is Cc1ccc(CN2CCCCC2CNC(=O)CCN)cc1C. The predicted octanol–water partition coefficient (Wildman–Crippen LogP) is 2.12. The predicted molar refractivity (Wildman–Crippen MR) is 90.6 cm³/mol. The van der Waals surface area contributed by atoms with Crippen molar-refractivity contribution in [1.82, 2.24) is 10.2 Å². The highest BCUT2D eigenvalue weighted by molar-refractivity contribution is 5.76. The van der Waals surface area contributed by atoms with E-state index in [1.807, 2.05) is 0 Å². The van der Waals surface area contributed by atoms with Gasteiger partial charge in [0.05, 0.1) is 0 Å². The molecule has 1 atom stereocenters. The number of likely N-dealkylation sites (tertiary alicyclic amines) is 1. The molecule has 1 aromatic carbocycles. The van der Waals surface area contributed by atoms with Gasteiger partial charge in [0, 0.05) is 32.1 Å². The number of amides is 1. The molecule has 1 aliphatic rings. The number of nitrogens with one attached hydrogen (secondary N) is 1. The topological polar surface area (TPSA) is 58.4 Å². The molecule has 0 bridgehead atoms. The van der Waals surface area contributed by atoms with Gasteiger partial charge in [-0.05, 0) is 49.9 Å². The normalized spacial score (nSPS) is 19.1. The minimum absolute atomic E-state index is 0.0687. The van der Waals surface area contributed by atoms with Gasteiger partial charge in [0.2, 0.25) is 5.91 Å². The van der Waals surface area contributed by atoms with E-state index in [0.29, 0.717) is 19.0 Å². The highest BCUT2D eigenvalue weighted by atomic mass is 16.1. The Labute approximate surface area is 134 Å². The lowest BCUT2D eigenvalue weighted by Gasteiger charge is -2.36. The van der Waals surface area contributed by atoms with Gasteiger partial charge in [0.25, 0.3) is 0 Å². The zero-order valence-electron chi connectivity index (χ0n) is 13.9. The van der Waals surface area contributed by atoms with Crippen LogP contribution in [0.2, 0.25) is 0 Å². The zero-order valence-corrected chi connectivity index (χ0v) is 13.9. The van der Waals surface area contributed by atoms with E-state index in [1.165, 1.54) is 29.5 Å². The largest absolute Gasteiger partial charge is 0.354 e. The van der Waals surface area contributed by atoms with Crippen LogP contribution in [-0.2, 0) is 11.3 Å². The first-order valence-electron chi connectivity index (χ1n) is 8.37. The van der Waals surface area contributed by atoms with Crippen molar-refractivity contribution >= 4 is 5.91 Å². The standard InChI is InChI=1S/C18H29N3O/c1-14-6-7-16(11-15(14)2)13-21-10-4-3-5-17(21)12-20-18(22)8-9-19/h6-7,11,17H,3-5,8-10,12-13,19H2,1-2H3,(H,20,22). The lowest BCUT2D eigenvalue weighted by atomic mass is 10.00. The maximum absolute atomic E-state index is 11.6. The van der Waals surface area contributed by atoms with Crippen LogP contribution in [0.5, 0.6) is 0 Å². The fraction of sp³-hybridized carbons (Fsp3) is 0.611. The number of benzene rings is 1. The van der Waals surface area contributed by atoms with Gasteiger partial charge in [0.1, 0.15) is 0 Å². The third-order valence-electron chi connectivity index (χ3n) is 4.61. The van der Waals surface area contributed by atoms with Crippen molar-refractivity contribution in [3.8, 4) is 0 Å². The van der Waals surface area contributed by atoms with Crippen LogP contribution in [0.3, 0.4) is 0 Å². The van der Waals surface area contributed by atoms with Crippen LogP contribution in [0.25, 0.3) is 0 Å². The van der Waals surface area contributed by atoms with Crippen LogP contribution in [0, 0.1) is 13.8 Å². The summed E-state index contributed by atoms with van der Waals surface area (Å²) in [5, 5.41) is 3.03. The smallest absolute Gasteiger partial charge is 0.221 e. The number of rotatable bonds is 6. The molecular weight excluding hydrogens is 274 g/mol. The average molecular weight is 303 g/mol. The molecule has 0 spiro atoms. The van der Waals surface area contributed by atoms with E-state index < -0.39 is 0 Å². The van der Waals surface area contributed by atoms with Crippen LogP contribution >= 0.6 is 0 Å². The Morgan fingerprint density at radius 3 is 2.86 bits per heavy atom. The van der Waals surface area contributed by atoms with E-state index in [2.05, 4.69) is 42.3 Å². The van der Waals surface area contributed by atoms with Crippen molar-refractivity contribution in [2.24, 2.45) is 5.73 Å². The molecule has 1 aliphatic heterocycles. The summed E-state index contributed by atoms with van der Waals surface area (Å²) in [5.41, 5.74) is 9.48. The van der Waals surface area contributed by atoms with E-state index in [1.54, 1.807) is 0 Å². The highest BCUT2D eigenvalue weighted by Gasteiger charge is 2.22. The number of carbonyl (C=O) groups is 1. The Balaban J connectivity index is 1.94. The minimum Gasteiger partial charge on any atom is -0.354 e. The number of nitrogens with zero attached hydrogens (tertiary/aromatic N) is 1. The van der Waals surface area contributed by atoms with Crippen LogP contribution in [0.15, 0.2) is 18.2 Å². The monoisotopic (exact) mass is 303 g/mol. The quantitative estimate of drug-likeness (QED) is 0.846. The van der Waals surface area contributed by atoms with Crippen LogP contribution in [-0.4, -0.2) is 36.5 Å². The highest BCUT2D eigenvalue weighted by Crippen LogP contribution is 2.20. The second-order valence-electron chi connectivity index (χ2n) is 6.38. The van der Waals surface area contributed by atoms with E-state index in [-0.39, 0.29) is 5.91 Å². The lowest BCUT2D eigenvalue weighted by Crippen LogP contribution is -2.46. The molecule has 1 aromatic rings. The van der Waals surface area contributed by atoms with E-state index in [9.17, 15) is 4.79 Å². The summed E-state index contributed by atoms with van der Waals surface area (Å²) in [6.45, 7) is 7.56. The van der Waals surface area contributed by atoms with Crippen LogP contribution < -0.4 is 11.1 Å². The molecule has 4 nitrogen and oxygen atoms in total. The zero-order chi connectivity index (χ0) is 15.9. The number of nitrogens with two attached hydrogens (primary N) is 1. The Morgan fingerprint density at radius 2 is 2.14 bits per heavy atom. The lowest BCUT2D eigenvalue weighted by molar-refractivity contribution is -0.121. The van der Waals surface area contributed by atoms with Crippen molar-refractivity contribution in [1.29, 1.82) is 0 Å². The Kier molecular flexibility index (Phi) is 6.40. The average Bonchev–Trinajstić information content (AvgIpc) is 2.50. The summed E-state index contributed by atoms with van der Waals surface area (Å²) in [5.74, 6) is 0.0687. The number of hydrogen-bond acceptors (Lipinski definition) is 3. The maximum atomic E-state index is 11.6. The van der Waals surface area contributed by atoms with Crippen molar-refractivity contribution in [2.75, 3.05) is 19.6 Å². The molecule has 0 aromatic heterocycles. The molecule has 122 valence electrons. The Morgan fingerprint density at radius 1 is 1.32 bits per heavy atom. The van der Waals surface area contributed by atoms with Crippen molar-refractivity contribution < 1.29 is 4.79 Å². The number of aryl methyl sites for hydroxylation is 2. The van der Waals surface area contributed by atoms with Gasteiger partial charge >= 0.3 is 0 Å². The molecule has 1 saturated heterocycles. The summed E-state index contributed by atoms with van der Waals surface area (Å²) in [6, 6.07) is 7.15. The third kappa shape index (κ3) is 4.82. The van der Waals surface area contributed by atoms with E-state index in [0.717, 1.165) is 26.1 Å². The summed E-state index contributed by atoms with van der Waals surface area (Å²) in [6.07, 6.45) is 4.08. The molecule has 0 radical (unpaired) electrons. The van der Waals surface area contributed by atoms with Gasteiger partial charge in [-0.1, -0.05) is 24.6 Å². The van der Waals surface area contributed by atoms with Crippen LogP contribution in [0.1, 0.15) is 42.4 Å². The fourth-order valence-electron chi connectivity index (χ4n) is 3.09. The molecule has 4 heteroatoms. The van der Waals surface area contributed by atoms with Gasteiger partial charge in [-0.15, -0.1) is 0 Å². The maximum Gasteiger partial charge on any atom is 0.221 e. The Hall–Kier alpha value is -1.39. The molecule has 22 heavy (non-hydrogen) atoms. The first-order chi connectivity index (χ1) is 10.6. The van der Waals surface area contributed by atoms with Crippen LogP contribution in [0.4, 0.5) is 0 Å². The van der Waals surface area contributed by atoms with Gasteiger partial charge in [-0.25, -0.2) is 0 Å². The molecule has 0 saturated carbocycles. The molecule has 1 fully saturated rings. The molecule has 1 amide bonds. The summed E-state index contributed by atoms with van der Waals surface area (Å²) in [4.78, 5) is 14.1. The molecule has 1 heterocycles. The van der Waals surface area contributed by atoms with E-state index >= 15 is 0 Å². The van der Waals surface area contributed by atoms with Crippen molar-refractivity contribution in [3.05, 3.63) is 34.9 Å². The first-order valence-corrected chi connectivity index (χ1v) is 8.37. The van der Waals surface area contributed by atoms with Crippen molar-refractivity contribution in [3.63, 3.8) is 0 Å². The summed E-state index contributed by atoms with van der Waals surface area (Å²) < 4.78 is 0. The number of hydrogen-bond donors (Lipinski definition) is 2.